The second-order valence-electron chi connectivity index (χ2n) is 7.86. The van der Waals surface area contributed by atoms with E-state index in [9.17, 15) is 9.90 Å². The molecule has 2 aromatic heterocycles. The van der Waals surface area contributed by atoms with Crippen LogP contribution < -0.4 is 4.90 Å². The van der Waals surface area contributed by atoms with Gasteiger partial charge in [-0.25, -0.2) is 4.98 Å². The number of fused-ring (bicyclic) bond motifs is 2. The van der Waals surface area contributed by atoms with Gasteiger partial charge in [0.1, 0.15) is 0 Å². The Balaban J connectivity index is 1.51. The number of azo groups is 1. The highest BCUT2D eigenvalue weighted by molar-refractivity contribution is 8.01. The highest BCUT2D eigenvalue weighted by atomic mass is 32.2. The van der Waals surface area contributed by atoms with Crippen LogP contribution >= 0.6 is 23.1 Å². The Hall–Kier alpha value is -2.75. The van der Waals surface area contributed by atoms with Gasteiger partial charge < -0.3 is 10.0 Å². The van der Waals surface area contributed by atoms with Gasteiger partial charge in [-0.3, -0.25) is 9.36 Å². The molecule has 9 heteroatoms. The van der Waals surface area contributed by atoms with Crippen molar-refractivity contribution in [2.75, 3.05) is 18.8 Å². The van der Waals surface area contributed by atoms with E-state index in [1.807, 2.05) is 53.1 Å². The summed E-state index contributed by atoms with van der Waals surface area (Å²) in [6.07, 6.45) is 2.14. The molecule has 1 amide bonds. The molecule has 2 N–H and O–H groups in total. The van der Waals surface area contributed by atoms with Crippen LogP contribution in [0.2, 0.25) is 0 Å². The number of quaternary nitrogens is 1. The summed E-state index contributed by atoms with van der Waals surface area (Å²) < 4.78 is 3.80. The van der Waals surface area contributed by atoms with Crippen LogP contribution in [-0.4, -0.2) is 39.4 Å². The van der Waals surface area contributed by atoms with Crippen molar-refractivity contribution in [2.45, 2.75) is 37.7 Å². The second kappa shape index (κ2) is 10.9. The molecule has 4 aromatic rings. The van der Waals surface area contributed by atoms with Crippen molar-refractivity contribution in [3.8, 4) is 5.88 Å². The van der Waals surface area contributed by atoms with Crippen LogP contribution in [-0.2, 0) is 11.5 Å². The molecule has 0 fully saturated rings. The average molecular weight is 483 g/mol. The van der Waals surface area contributed by atoms with Gasteiger partial charge in [0.25, 0.3) is 5.91 Å². The van der Waals surface area contributed by atoms with E-state index < -0.39 is 0 Å². The maximum Gasteiger partial charge on any atom is 0.274 e. The van der Waals surface area contributed by atoms with E-state index in [1.54, 1.807) is 11.3 Å². The predicted molar refractivity (Wildman–Crippen MR) is 135 cm³/mol. The van der Waals surface area contributed by atoms with Crippen LogP contribution in [0.3, 0.4) is 0 Å². The zero-order valence-electron chi connectivity index (χ0n) is 18.8. The summed E-state index contributed by atoms with van der Waals surface area (Å²) in [6.45, 7) is 7.03. The van der Waals surface area contributed by atoms with E-state index in [0.29, 0.717) is 12.4 Å². The van der Waals surface area contributed by atoms with Crippen molar-refractivity contribution in [3.05, 3.63) is 48.5 Å². The molecular weight excluding hydrogens is 454 g/mol. The Kier molecular flexibility index (Phi) is 7.74. The molecule has 0 saturated carbocycles. The maximum atomic E-state index is 12.4. The third kappa shape index (κ3) is 5.43. The zero-order chi connectivity index (χ0) is 23.2. The Bertz CT molecular complexity index is 1240. The van der Waals surface area contributed by atoms with Crippen LogP contribution in [0.5, 0.6) is 5.88 Å². The van der Waals surface area contributed by atoms with E-state index in [-0.39, 0.29) is 17.5 Å². The topological polar surface area (TPSA) is 84.3 Å². The van der Waals surface area contributed by atoms with E-state index in [4.69, 9.17) is 0 Å². The zero-order valence-corrected chi connectivity index (χ0v) is 20.5. The van der Waals surface area contributed by atoms with E-state index in [2.05, 4.69) is 29.1 Å². The smallest absolute Gasteiger partial charge is 0.274 e. The van der Waals surface area contributed by atoms with Crippen molar-refractivity contribution in [1.82, 2.24) is 9.55 Å². The second-order valence-corrected chi connectivity index (χ2v) is 10.1. The fraction of sp³-hybridized carbons (Fsp3) is 0.333. The summed E-state index contributed by atoms with van der Waals surface area (Å²) in [6, 6.07) is 15.6. The molecule has 0 unspecified atom stereocenters. The van der Waals surface area contributed by atoms with Gasteiger partial charge in [0.2, 0.25) is 5.88 Å². The van der Waals surface area contributed by atoms with Crippen molar-refractivity contribution in [1.29, 1.82) is 0 Å². The quantitative estimate of drug-likeness (QED) is 0.245. The van der Waals surface area contributed by atoms with Gasteiger partial charge in [-0.2, -0.15) is 0 Å². The van der Waals surface area contributed by atoms with Gasteiger partial charge >= 0.3 is 0 Å². The minimum absolute atomic E-state index is 0.0521. The van der Waals surface area contributed by atoms with E-state index in [1.165, 1.54) is 16.7 Å². The highest BCUT2D eigenvalue weighted by Gasteiger charge is 2.20. The Morgan fingerprint density at radius 1 is 1.12 bits per heavy atom. The minimum atomic E-state index is -0.361. The minimum Gasteiger partial charge on any atom is -0.493 e. The van der Waals surface area contributed by atoms with E-state index >= 15 is 0 Å². The van der Waals surface area contributed by atoms with Gasteiger partial charge in [-0.1, -0.05) is 55.9 Å². The van der Waals surface area contributed by atoms with Gasteiger partial charge in [0.05, 0.1) is 34.6 Å². The molecule has 0 aliphatic heterocycles. The number of hydrogen-bond donors (Lipinski definition) is 2. The number of para-hydroxylation sites is 2. The van der Waals surface area contributed by atoms with Gasteiger partial charge in [-0.05, 0) is 31.0 Å². The number of carbonyl (C=O) groups excluding carboxylic acids is 1. The van der Waals surface area contributed by atoms with Crippen LogP contribution in [0.4, 0.5) is 5.69 Å². The average Bonchev–Trinajstić information content (AvgIpc) is 3.35. The van der Waals surface area contributed by atoms with Crippen LogP contribution in [0.15, 0.2) is 63.1 Å². The largest absolute Gasteiger partial charge is 0.493 e. The molecule has 0 bridgehead atoms. The third-order valence-electron chi connectivity index (χ3n) is 5.36. The third-order valence-corrected chi connectivity index (χ3v) is 7.53. The molecule has 2 aromatic carbocycles. The van der Waals surface area contributed by atoms with Crippen molar-refractivity contribution in [3.63, 3.8) is 0 Å². The number of thiazole rings is 1. The fourth-order valence-corrected chi connectivity index (χ4v) is 5.76. The van der Waals surface area contributed by atoms with Crippen molar-refractivity contribution < 1.29 is 14.8 Å². The number of thioether (sulfide) groups is 1. The molecule has 0 aliphatic carbocycles. The number of hydrogen-bond acceptors (Lipinski definition) is 6. The predicted octanol–water partition coefficient (Wildman–Crippen LogP) is 5.02. The van der Waals surface area contributed by atoms with Crippen LogP contribution in [0.25, 0.3) is 21.1 Å². The lowest BCUT2D eigenvalue weighted by atomic mass is 10.2. The molecule has 0 spiro atoms. The first-order valence-corrected chi connectivity index (χ1v) is 13.0. The first-order valence-electron chi connectivity index (χ1n) is 11.2. The number of benzene rings is 2. The molecule has 172 valence electrons. The molecular formula is C24H28N5O2S2+. The molecule has 0 saturated heterocycles. The first kappa shape index (κ1) is 23.4. The van der Waals surface area contributed by atoms with Gasteiger partial charge in [-0.15, -0.1) is 21.6 Å². The summed E-state index contributed by atoms with van der Waals surface area (Å²) in [5, 5.41) is 19.8. The normalized spacial score (nSPS) is 12.0. The number of nitrogens with zero attached hydrogens (tertiary/aromatic N) is 4. The van der Waals surface area contributed by atoms with Crippen molar-refractivity contribution in [2.24, 2.45) is 10.2 Å². The highest BCUT2D eigenvalue weighted by Crippen LogP contribution is 2.38. The Morgan fingerprint density at radius 2 is 1.85 bits per heavy atom. The SMILES string of the molecule is CCC[NH+](CCC)Cn1c(O)c(N=NC(=O)CSc2nc3ccccc3s2)c2ccccc21. The summed E-state index contributed by atoms with van der Waals surface area (Å²) in [5.41, 5.74) is 2.17. The Labute approximate surface area is 201 Å². The molecule has 0 radical (unpaired) electrons. The standard InChI is InChI=1S/C24H27N5O2S2/c1-3-13-28(14-4-2)16-29-19-11-7-5-9-17(19)22(23(29)31)27-26-21(30)15-32-24-25-18-10-6-8-12-20(18)33-24/h5-12,31H,3-4,13-16H2,1-2H3/p+1. The lowest BCUT2D eigenvalue weighted by Crippen LogP contribution is -3.11. The number of aromatic hydroxyl groups is 1. The van der Waals surface area contributed by atoms with Gasteiger partial charge in [0, 0.05) is 5.39 Å². The number of amides is 1. The number of carbonyl (C=O) groups is 1. The van der Waals surface area contributed by atoms with Gasteiger partial charge in [0.15, 0.2) is 16.7 Å². The Morgan fingerprint density at radius 3 is 2.61 bits per heavy atom. The number of nitrogens with one attached hydrogen (secondary N) is 1. The maximum absolute atomic E-state index is 12.4. The number of aromatic nitrogens is 2. The van der Waals surface area contributed by atoms with Crippen molar-refractivity contribution >= 4 is 55.8 Å². The first-order chi connectivity index (χ1) is 16.1. The van der Waals surface area contributed by atoms with Crippen LogP contribution in [0, 0.1) is 0 Å². The van der Waals surface area contributed by atoms with E-state index in [0.717, 1.165) is 51.4 Å². The monoisotopic (exact) mass is 482 g/mol. The molecule has 4 rings (SSSR count). The van der Waals surface area contributed by atoms with Crippen LogP contribution in [0.1, 0.15) is 26.7 Å². The lowest BCUT2D eigenvalue weighted by molar-refractivity contribution is -0.922. The number of rotatable bonds is 10. The lowest BCUT2D eigenvalue weighted by Gasteiger charge is -2.19. The molecule has 2 heterocycles. The fourth-order valence-electron chi connectivity index (χ4n) is 3.92. The molecule has 33 heavy (non-hydrogen) atoms. The molecule has 0 aliphatic rings. The summed E-state index contributed by atoms with van der Waals surface area (Å²) >= 11 is 2.91. The molecule has 0 atom stereocenters. The molecule has 7 nitrogen and oxygen atoms in total. The summed E-state index contributed by atoms with van der Waals surface area (Å²) in [4.78, 5) is 18.3. The summed E-state index contributed by atoms with van der Waals surface area (Å²) in [5.74, 6) is -0.163. The summed E-state index contributed by atoms with van der Waals surface area (Å²) in [7, 11) is 0.